The van der Waals surface area contributed by atoms with Gasteiger partial charge in [-0.1, -0.05) is 34.5 Å². The zero-order chi connectivity index (χ0) is 15.0. The van der Waals surface area contributed by atoms with E-state index >= 15 is 0 Å². The van der Waals surface area contributed by atoms with E-state index in [4.69, 9.17) is 11.6 Å². The van der Waals surface area contributed by atoms with Gasteiger partial charge in [0.2, 0.25) is 0 Å². The van der Waals surface area contributed by atoms with Crippen LogP contribution in [0.3, 0.4) is 0 Å². The van der Waals surface area contributed by atoms with Crippen molar-refractivity contribution in [1.29, 1.82) is 0 Å². The van der Waals surface area contributed by atoms with Gasteiger partial charge < -0.3 is 4.57 Å². The number of fused-ring (bicyclic) bond motifs is 1. The number of halogens is 2. The molecule has 1 aromatic carbocycles. The van der Waals surface area contributed by atoms with Gasteiger partial charge in [-0.25, -0.2) is 0 Å². The summed E-state index contributed by atoms with van der Waals surface area (Å²) in [5.74, 6) is 0. The molecule has 3 nitrogen and oxygen atoms in total. The number of benzene rings is 1. The topological polar surface area (TPSA) is 22.8 Å². The molecule has 110 valence electrons. The Morgan fingerprint density at radius 1 is 1.24 bits per heavy atom. The zero-order valence-corrected chi connectivity index (χ0v) is 14.4. The fraction of sp³-hybridized carbons (Fsp3) is 0.312. The van der Waals surface area contributed by atoms with Crippen LogP contribution >= 0.6 is 27.5 Å². The molecule has 2 heterocycles. The van der Waals surface area contributed by atoms with E-state index in [-0.39, 0.29) is 0 Å². The van der Waals surface area contributed by atoms with E-state index in [1.54, 1.807) is 0 Å². The summed E-state index contributed by atoms with van der Waals surface area (Å²) in [5.41, 5.74) is 3.26. The average Bonchev–Trinajstić information content (AvgIpc) is 3.01. The van der Waals surface area contributed by atoms with Crippen LogP contribution in [0, 0.1) is 0 Å². The van der Waals surface area contributed by atoms with Crippen molar-refractivity contribution in [2.75, 3.05) is 0 Å². The summed E-state index contributed by atoms with van der Waals surface area (Å²) in [4.78, 5) is 0. The van der Waals surface area contributed by atoms with E-state index in [0.29, 0.717) is 0 Å². The molecule has 21 heavy (non-hydrogen) atoms. The fourth-order valence-electron chi connectivity index (χ4n) is 2.64. The van der Waals surface area contributed by atoms with Crippen molar-refractivity contribution in [1.82, 2.24) is 14.3 Å². The minimum Gasteiger partial charge on any atom is -0.341 e. The lowest BCUT2D eigenvalue weighted by Gasteiger charge is -2.08. The summed E-state index contributed by atoms with van der Waals surface area (Å²) >= 11 is 10.0. The van der Waals surface area contributed by atoms with Crippen LogP contribution in [0.1, 0.15) is 25.2 Å². The van der Waals surface area contributed by atoms with Crippen LogP contribution < -0.4 is 0 Å². The van der Waals surface area contributed by atoms with Crippen LogP contribution in [0.25, 0.3) is 10.9 Å². The van der Waals surface area contributed by atoms with Gasteiger partial charge in [-0.15, -0.1) is 0 Å². The summed E-state index contributed by atoms with van der Waals surface area (Å²) in [5, 5.41) is 6.61. The van der Waals surface area contributed by atoms with Gasteiger partial charge in [-0.2, -0.15) is 5.10 Å². The van der Waals surface area contributed by atoms with Crippen LogP contribution in [0.4, 0.5) is 0 Å². The highest BCUT2D eigenvalue weighted by atomic mass is 79.9. The first-order valence-electron chi connectivity index (χ1n) is 7.12. The normalized spacial score (nSPS) is 11.4. The molecule has 0 aliphatic carbocycles. The number of hydrogen-bond acceptors (Lipinski definition) is 1. The van der Waals surface area contributed by atoms with Gasteiger partial charge in [0, 0.05) is 28.1 Å². The number of rotatable bonds is 4. The molecule has 0 saturated heterocycles. The van der Waals surface area contributed by atoms with Crippen molar-refractivity contribution in [3.63, 3.8) is 0 Å². The Morgan fingerprint density at radius 2 is 2.05 bits per heavy atom. The van der Waals surface area contributed by atoms with Crippen molar-refractivity contribution in [3.05, 3.63) is 51.3 Å². The minimum atomic E-state index is 0.741. The molecule has 0 N–H and O–H groups in total. The summed E-state index contributed by atoms with van der Waals surface area (Å²) in [6.07, 6.45) is 2.96. The first kappa shape index (κ1) is 14.7. The first-order chi connectivity index (χ1) is 10.1. The lowest BCUT2D eigenvalue weighted by molar-refractivity contribution is 0.599. The molecular weight excluding hydrogens is 350 g/mol. The fourth-order valence-corrected chi connectivity index (χ4v) is 3.35. The van der Waals surface area contributed by atoms with E-state index in [2.05, 4.69) is 69.9 Å². The van der Waals surface area contributed by atoms with Gasteiger partial charge >= 0.3 is 0 Å². The molecular formula is C16H17BrClN3. The Hall–Kier alpha value is -1.26. The van der Waals surface area contributed by atoms with Crippen molar-refractivity contribution in [2.24, 2.45) is 0 Å². The second kappa shape index (κ2) is 5.85. The summed E-state index contributed by atoms with van der Waals surface area (Å²) in [7, 11) is 0. The van der Waals surface area contributed by atoms with Crippen LogP contribution in [0.5, 0.6) is 0 Å². The molecule has 0 saturated carbocycles. The van der Waals surface area contributed by atoms with E-state index in [9.17, 15) is 0 Å². The van der Waals surface area contributed by atoms with Crippen LogP contribution in [-0.4, -0.2) is 14.3 Å². The highest BCUT2D eigenvalue weighted by molar-refractivity contribution is 9.10. The zero-order valence-electron chi connectivity index (χ0n) is 12.1. The van der Waals surface area contributed by atoms with E-state index < -0.39 is 0 Å². The number of nitrogens with zero attached hydrogens (tertiary/aromatic N) is 3. The molecule has 0 aliphatic rings. The number of aromatic nitrogens is 3. The first-order valence-corrected chi connectivity index (χ1v) is 8.29. The Bertz CT molecular complexity index is 788. The maximum absolute atomic E-state index is 6.50. The third-order valence-electron chi connectivity index (χ3n) is 3.75. The molecule has 0 fully saturated rings. The lowest BCUT2D eigenvalue weighted by atomic mass is 10.2. The van der Waals surface area contributed by atoms with Gasteiger partial charge in [0.05, 0.1) is 23.0 Å². The van der Waals surface area contributed by atoms with Crippen LogP contribution in [-0.2, 0) is 19.5 Å². The van der Waals surface area contributed by atoms with Gasteiger partial charge in [-0.3, -0.25) is 4.68 Å². The van der Waals surface area contributed by atoms with Crippen LogP contribution in [0.15, 0.2) is 34.9 Å². The lowest BCUT2D eigenvalue weighted by Crippen LogP contribution is -2.07. The van der Waals surface area contributed by atoms with Gasteiger partial charge in [-0.05, 0) is 37.6 Å². The third kappa shape index (κ3) is 2.62. The standard InChI is InChI=1S/C16H17BrClN3/c1-3-13-16(18)15(21(4-2)19-13)10-20-8-7-11-9-12(17)5-6-14(11)20/h5-9H,3-4,10H2,1-2H3. The van der Waals surface area contributed by atoms with Gasteiger partial charge in [0.15, 0.2) is 0 Å². The average molecular weight is 367 g/mol. The van der Waals surface area contributed by atoms with Crippen LogP contribution in [0.2, 0.25) is 5.02 Å². The van der Waals surface area contributed by atoms with Gasteiger partial charge in [0.25, 0.3) is 0 Å². The summed E-state index contributed by atoms with van der Waals surface area (Å²) in [6.45, 7) is 5.75. The summed E-state index contributed by atoms with van der Waals surface area (Å²) in [6, 6.07) is 8.44. The molecule has 0 unspecified atom stereocenters. The molecule has 0 atom stereocenters. The predicted molar refractivity (Wildman–Crippen MR) is 91.0 cm³/mol. The predicted octanol–water partition coefficient (Wildman–Crippen LogP) is 4.88. The second-order valence-corrected chi connectivity index (χ2v) is 6.32. The molecule has 0 aliphatic heterocycles. The van der Waals surface area contributed by atoms with E-state index in [1.165, 1.54) is 10.9 Å². The number of hydrogen-bond donors (Lipinski definition) is 0. The van der Waals surface area contributed by atoms with Crippen molar-refractivity contribution >= 4 is 38.4 Å². The van der Waals surface area contributed by atoms with Crippen molar-refractivity contribution in [2.45, 2.75) is 33.4 Å². The quantitative estimate of drug-likeness (QED) is 0.645. The van der Waals surface area contributed by atoms with Crippen molar-refractivity contribution < 1.29 is 0 Å². The minimum absolute atomic E-state index is 0.741. The Labute approximate surface area is 137 Å². The highest BCUT2D eigenvalue weighted by Gasteiger charge is 2.15. The molecule has 2 aromatic heterocycles. The smallest absolute Gasteiger partial charge is 0.0868 e. The van der Waals surface area contributed by atoms with Gasteiger partial charge in [0.1, 0.15) is 0 Å². The molecule has 3 rings (SSSR count). The molecule has 5 heteroatoms. The van der Waals surface area contributed by atoms with Crippen molar-refractivity contribution in [3.8, 4) is 0 Å². The molecule has 0 bridgehead atoms. The van der Waals surface area contributed by atoms with E-state index in [0.717, 1.165) is 40.4 Å². The molecule has 0 radical (unpaired) electrons. The maximum Gasteiger partial charge on any atom is 0.0868 e. The molecule has 3 aromatic rings. The third-order valence-corrected chi connectivity index (χ3v) is 4.68. The SMILES string of the molecule is CCc1nn(CC)c(Cn2ccc3cc(Br)ccc32)c1Cl. The largest absolute Gasteiger partial charge is 0.341 e. The van der Waals surface area contributed by atoms with E-state index in [1.807, 2.05) is 4.68 Å². The highest BCUT2D eigenvalue weighted by Crippen LogP contribution is 2.26. The molecule has 0 amide bonds. The maximum atomic E-state index is 6.50. The Kier molecular flexibility index (Phi) is 4.09. The Balaban J connectivity index is 2.04. The second-order valence-electron chi connectivity index (χ2n) is 5.02. The molecule has 0 spiro atoms. The summed E-state index contributed by atoms with van der Waals surface area (Å²) < 4.78 is 5.32. The monoisotopic (exact) mass is 365 g/mol. The Morgan fingerprint density at radius 3 is 2.76 bits per heavy atom. The number of aryl methyl sites for hydroxylation is 2.